The predicted molar refractivity (Wildman–Crippen MR) is 147 cm³/mol. The standard InChI is InChI=1S/C32H44O9/c1-15(11-18(34)12-16(2)28(39)40)19-13-23(37)32(8)24-20(35)14-21-29(4,5)22(36)9-10-30(21,6)25(24)26(38)27(31(19,32)7)41-17(3)33/h15-16,19,21-22,27,36H,9-14H2,1-8H3,(H,39,40)/t15-,16+,19+,21-,22-,27+,30-,31-,32-/m0/s1. The first-order chi connectivity index (χ1) is 18.8. The Morgan fingerprint density at radius 1 is 0.976 bits per heavy atom. The molecule has 0 aromatic rings. The van der Waals surface area contributed by atoms with Gasteiger partial charge in [0.25, 0.3) is 0 Å². The molecule has 0 aliphatic heterocycles. The topological polar surface area (TPSA) is 152 Å². The molecule has 0 amide bonds. The third kappa shape index (κ3) is 4.28. The first-order valence-corrected chi connectivity index (χ1v) is 14.7. The summed E-state index contributed by atoms with van der Waals surface area (Å²) in [4.78, 5) is 79.5. The molecule has 9 atom stereocenters. The number of carboxylic acids is 1. The molecule has 9 heteroatoms. The van der Waals surface area contributed by atoms with Gasteiger partial charge in [0.2, 0.25) is 5.78 Å². The summed E-state index contributed by atoms with van der Waals surface area (Å²) in [7, 11) is 0. The number of hydrogen-bond donors (Lipinski definition) is 2. The number of esters is 1. The van der Waals surface area contributed by atoms with E-state index in [4.69, 9.17) is 4.74 Å². The summed E-state index contributed by atoms with van der Waals surface area (Å²) in [6.45, 7) is 13.6. The van der Waals surface area contributed by atoms with Crippen LogP contribution in [0, 0.1) is 45.3 Å². The molecule has 9 nitrogen and oxygen atoms in total. The molecule has 0 aromatic heterocycles. The fourth-order valence-corrected chi connectivity index (χ4v) is 9.17. The molecule has 226 valence electrons. The van der Waals surface area contributed by atoms with Gasteiger partial charge in [0.05, 0.1) is 17.4 Å². The number of rotatable bonds is 7. The Hall–Kier alpha value is -2.68. The molecule has 0 heterocycles. The van der Waals surface area contributed by atoms with Crippen LogP contribution in [0.15, 0.2) is 11.1 Å². The zero-order valence-corrected chi connectivity index (χ0v) is 25.5. The summed E-state index contributed by atoms with van der Waals surface area (Å²) in [5.74, 6) is -5.24. The van der Waals surface area contributed by atoms with Crippen molar-refractivity contribution >= 4 is 35.1 Å². The van der Waals surface area contributed by atoms with E-state index in [1.54, 1.807) is 20.8 Å². The highest BCUT2D eigenvalue weighted by molar-refractivity contribution is 6.18. The van der Waals surface area contributed by atoms with Crippen LogP contribution in [0.3, 0.4) is 0 Å². The lowest BCUT2D eigenvalue weighted by molar-refractivity contribution is -0.176. The number of aliphatic hydroxyl groups is 1. The van der Waals surface area contributed by atoms with E-state index < -0.39 is 69.3 Å². The molecule has 4 aliphatic carbocycles. The van der Waals surface area contributed by atoms with Crippen LogP contribution in [0.1, 0.15) is 93.9 Å². The maximum Gasteiger partial charge on any atom is 0.306 e. The summed E-state index contributed by atoms with van der Waals surface area (Å²) in [5, 5.41) is 20.1. The highest BCUT2D eigenvalue weighted by Gasteiger charge is 2.74. The molecule has 2 saturated carbocycles. The number of carboxylic acid groups (broad SMARTS) is 1. The van der Waals surface area contributed by atoms with Gasteiger partial charge < -0.3 is 14.9 Å². The highest BCUT2D eigenvalue weighted by atomic mass is 16.5. The number of carbonyl (C=O) groups is 6. The van der Waals surface area contributed by atoms with Crippen LogP contribution in [0.5, 0.6) is 0 Å². The van der Waals surface area contributed by atoms with Crippen molar-refractivity contribution in [3.8, 4) is 0 Å². The number of ketones is 4. The van der Waals surface area contributed by atoms with Gasteiger partial charge in [-0.05, 0) is 42.9 Å². The maximum absolute atomic E-state index is 14.6. The molecule has 0 saturated heterocycles. The first kappa shape index (κ1) is 31.3. The number of carbonyl (C=O) groups excluding carboxylic acids is 5. The number of fused-ring (bicyclic) bond motifs is 4. The Kier molecular flexibility index (Phi) is 7.59. The van der Waals surface area contributed by atoms with E-state index in [0.29, 0.717) is 12.8 Å². The second-order valence-corrected chi connectivity index (χ2v) is 14.4. The summed E-state index contributed by atoms with van der Waals surface area (Å²) >= 11 is 0. The molecule has 0 bridgehead atoms. The summed E-state index contributed by atoms with van der Waals surface area (Å²) < 4.78 is 5.80. The van der Waals surface area contributed by atoms with Gasteiger partial charge in [-0.1, -0.05) is 41.5 Å². The number of aliphatic carboxylic acids is 1. The third-order valence-electron chi connectivity index (χ3n) is 11.8. The van der Waals surface area contributed by atoms with Gasteiger partial charge in [-0.15, -0.1) is 0 Å². The second kappa shape index (κ2) is 9.96. The molecule has 41 heavy (non-hydrogen) atoms. The molecule has 0 unspecified atom stereocenters. The van der Waals surface area contributed by atoms with Crippen molar-refractivity contribution in [2.75, 3.05) is 0 Å². The van der Waals surface area contributed by atoms with Crippen LogP contribution in [-0.2, 0) is 33.5 Å². The number of hydrogen-bond acceptors (Lipinski definition) is 8. The molecule has 2 N–H and O–H groups in total. The summed E-state index contributed by atoms with van der Waals surface area (Å²) in [6, 6.07) is 0. The van der Waals surface area contributed by atoms with Crippen LogP contribution >= 0.6 is 0 Å². The first-order valence-electron chi connectivity index (χ1n) is 14.7. The van der Waals surface area contributed by atoms with E-state index >= 15 is 0 Å². The van der Waals surface area contributed by atoms with Crippen molar-refractivity contribution in [2.24, 2.45) is 45.3 Å². The quantitative estimate of drug-likeness (QED) is 0.433. The Labute approximate surface area is 241 Å². The highest BCUT2D eigenvalue weighted by Crippen LogP contribution is 2.70. The molecule has 0 aromatic carbocycles. The van der Waals surface area contributed by atoms with Crippen LogP contribution < -0.4 is 0 Å². The zero-order valence-electron chi connectivity index (χ0n) is 25.5. The SMILES string of the molecule is CC(=O)O[C@@H]1C(=O)C2=C(C(=O)C[C@H]3C(C)(C)[C@@H](O)CC[C@]23C)[C@]2(C)C(=O)C[C@H]([C@@H](C)CC(=O)C[C@@H](C)C(=O)O)[C@@]12C. The van der Waals surface area contributed by atoms with Crippen LogP contribution in [0.2, 0.25) is 0 Å². The van der Waals surface area contributed by atoms with Crippen LogP contribution in [-0.4, -0.2) is 57.5 Å². The minimum absolute atomic E-state index is 0.00458. The second-order valence-electron chi connectivity index (χ2n) is 14.4. The van der Waals surface area contributed by atoms with E-state index in [-0.39, 0.29) is 60.1 Å². The third-order valence-corrected chi connectivity index (χ3v) is 11.8. The average molecular weight is 573 g/mol. The lowest BCUT2D eigenvalue weighted by atomic mass is 9.42. The fourth-order valence-electron chi connectivity index (χ4n) is 9.17. The zero-order chi connectivity index (χ0) is 31.0. The molecular weight excluding hydrogens is 528 g/mol. The van der Waals surface area contributed by atoms with Gasteiger partial charge in [-0.3, -0.25) is 28.8 Å². The molecule has 0 spiro atoms. The summed E-state index contributed by atoms with van der Waals surface area (Å²) in [6.07, 6.45) is -1.19. The number of Topliss-reactive ketones (excluding diaryl/α,β-unsaturated/α-hetero) is 4. The maximum atomic E-state index is 14.6. The van der Waals surface area contributed by atoms with Gasteiger partial charge in [0.1, 0.15) is 11.6 Å². The molecule has 4 rings (SSSR count). The van der Waals surface area contributed by atoms with Crippen LogP contribution in [0.25, 0.3) is 0 Å². The van der Waals surface area contributed by atoms with Crippen molar-refractivity contribution in [1.29, 1.82) is 0 Å². The van der Waals surface area contributed by atoms with E-state index in [1.807, 2.05) is 20.8 Å². The van der Waals surface area contributed by atoms with E-state index in [0.717, 1.165) is 0 Å². The van der Waals surface area contributed by atoms with Crippen LogP contribution in [0.4, 0.5) is 0 Å². The Morgan fingerprint density at radius 3 is 2.15 bits per heavy atom. The van der Waals surface area contributed by atoms with Gasteiger partial charge in [0.15, 0.2) is 11.9 Å². The van der Waals surface area contributed by atoms with E-state index in [1.165, 1.54) is 13.8 Å². The van der Waals surface area contributed by atoms with Crippen molar-refractivity contribution in [1.82, 2.24) is 0 Å². The smallest absolute Gasteiger partial charge is 0.306 e. The Balaban J connectivity index is 1.88. The lowest BCUT2D eigenvalue weighted by Crippen LogP contribution is -2.65. The van der Waals surface area contributed by atoms with Gasteiger partial charge >= 0.3 is 11.9 Å². The Bertz CT molecular complexity index is 1260. The largest absolute Gasteiger partial charge is 0.481 e. The van der Waals surface area contributed by atoms with E-state index in [9.17, 15) is 39.0 Å². The average Bonchev–Trinajstić information content (AvgIpc) is 3.07. The summed E-state index contributed by atoms with van der Waals surface area (Å²) in [5.41, 5.74) is -3.73. The van der Waals surface area contributed by atoms with Gasteiger partial charge in [-0.2, -0.15) is 0 Å². The van der Waals surface area contributed by atoms with Gasteiger partial charge in [-0.25, -0.2) is 0 Å². The minimum atomic E-state index is -1.43. The van der Waals surface area contributed by atoms with Crippen molar-refractivity contribution < 1.29 is 43.7 Å². The molecule has 4 aliphatic rings. The van der Waals surface area contributed by atoms with Crippen molar-refractivity contribution in [3.63, 3.8) is 0 Å². The number of ether oxygens (including phenoxy) is 1. The molecule has 0 radical (unpaired) electrons. The monoisotopic (exact) mass is 572 g/mol. The lowest BCUT2D eigenvalue weighted by Gasteiger charge is -2.61. The number of allylic oxidation sites excluding steroid dienone is 1. The molecule has 2 fully saturated rings. The van der Waals surface area contributed by atoms with E-state index in [2.05, 4.69) is 0 Å². The van der Waals surface area contributed by atoms with Crippen molar-refractivity contribution in [3.05, 3.63) is 11.1 Å². The number of aliphatic hydroxyl groups excluding tert-OH is 1. The fraction of sp³-hybridized carbons (Fsp3) is 0.750. The normalized spacial score (nSPS) is 39.4. The minimum Gasteiger partial charge on any atom is -0.481 e. The predicted octanol–water partition coefficient (Wildman–Crippen LogP) is 3.88. The van der Waals surface area contributed by atoms with Crippen molar-refractivity contribution in [2.45, 2.75) is 106 Å². The Morgan fingerprint density at radius 2 is 1.59 bits per heavy atom. The molecular formula is C32H44O9. The van der Waals surface area contributed by atoms with Gasteiger partial charge in [0, 0.05) is 54.6 Å².